The van der Waals surface area contributed by atoms with Gasteiger partial charge in [-0.3, -0.25) is 4.79 Å². The number of hydrogen-bond donors (Lipinski definition) is 0. The molecule has 3 nitrogen and oxygen atoms in total. The molecule has 0 spiro atoms. The van der Waals surface area contributed by atoms with Crippen LogP contribution in [0.3, 0.4) is 0 Å². The summed E-state index contributed by atoms with van der Waals surface area (Å²) in [5.41, 5.74) is 2.70. The van der Waals surface area contributed by atoms with Gasteiger partial charge in [-0.05, 0) is 26.0 Å². The van der Waals surface area contributed by atoms with E-state index in [1.807, 2.05) is 32.0 Å². The highest BCUT2D eigenvalue weighted by molar-refractivity contribution is 7.13. The molecule has 0 unspecified atom stereocenters. The fraction of sp³-hybridized carbons (Fsp3) is 0.231. The van der Waals surface area contributed by atoms with Crippen LogP contribution in [0.25, 0.3) is 11.3 Å². The summed E-state index contributed by atoms with van der Waals surface area (Å²) in [4.78, 5) is 16.1. The predicted octanol–water partition coefficient (Wildman–Crippen LogP) is 3.25. The topological polar surface area (TPSA) is 39.2 Å². The van der Waals surface area contributed by atoms with E-state index in [1.54, 1.807) is 7.11 Å². The van der Waals surface area contributed by atoms with Crippen molar-refractivity contribution in [2.45, 2.75) is 13.8 Å². The van der Waals surface area contributed by atoms with Crippen molar-refractivity contribution in [1.82, 2.24) is 4.98 Å². The maximum atomic E-state index is 11.0. The lowest BCUT2D eigenvalue weighted by Gasteiger charge is -2.07. The van der Waals surface area contributed by atoms with Gasteiger partial charge in [0.2, 0.25) is 0 Å². The molecule has 1 aromatic carbocycles. The highest BCUT2D eigenvalue weighted by Gasteiger charge is 2.14. The number of aromatic nitrogens is 1. The van der Waals surface area contributed by atoms with Crippen molar-refractivity contribution < 1.29 is 9.53 Å². The number of thiazole rings is 1. The largest absolute Gasteiger partial charge is 0.496 e. The third kappa shape index (κ3) is 2.22. The smallest absolute Gasteiger partial charge is 0.162 e. The summed E-state index contributed by atoms with van der Waals surface area (Å²) in [6, 6.07) is 5.86. The number of rotatable bonds is 3. The zero-order valence-electron chi connectivity index (χ0n) is 9.98. The van der Waals surface area contributed by atoms with Gasteiger partial charge in [0.05, 0.1) is 22.7 Å². The minimum Gasteiger partial charge on any atom is -0.496 e. The van der Waals surface area contributed by atoms with Crippen molar-refractivity contribution in [3.05, 3.63) is 33.6 Å². The Hall–Kier alpha value is -1.68. The predicted molar refractivity (Wildman–Crippen MR) is 69.0 cm³/mol. The number of benzene rings is 1. The van der Waals surface area contributed by atoms with Crippen LogP contribution in [0.5, 0.6) is 5.75 Å². The Morgan fingerprint density at radius 2 is 2.12 bits per heavy atom. The van der Waals surface area contributed by atoms with E-state index in [0.29, 0.717) is 10.6 Å². The molecular weight excluding hydrogens is 234 g/mol. The number of carbonyl (C=O) groups is 1. The van der Waals surface area contributed by atoms with Crippen molar-refractivity contribution in [2.75, 3.05) is 7.11 Å². The highest BCUT2D eigenvalue weighted by atomic mass is 32.1. The molecule has 1 heterocycles. The molecule has 0 amide bonds. The van der Waals surface area contributed by atoms with Gasteiger partial charge in [-0.25, -0.2) is 4.98 Å². The van der Waals surface area contributed by atoms with E-state index in [1.165, 1.54) is 11.3 Å². The second-order valence-corrected chi connectivity index (χ2v) is 5.00. The summed E-state index contributed by atoms with van der Waals surface area (Å²) in [7, 11) is 1.62. The molecule has 1 aromatic heterocycles. The van der Waals surface area contributed by atoms with Crippen LogP contribution in [0.4, 0.5) is 0 Å². The SMILES string of the molecule is COc1ccc(C)cc1-c1nc(C)sc1C=O. The molecule has 2 aromatic rings. The molecule has 0 aliphatic carbocycles. The van der Waals surface area contributed by atoms with Crippen molar-refractivity contribution in [1.29, 1.82) is 0 Å². The van der Waals surface area contributed by atoms with Gasteiger partial charge in [-0.2, -0.15) is 0 Å². The van der Waals surface area contributed by atoms with Crippen molar-refractivity contribution in [3.63, 3.8) is 0 Å². The lowest BCUT2D eigenvalue weighted by atomic mass is 10.1. The Morgan fingerprint density at radius 3 is 2.76 bits per heavy atom. The van der Waals surface area contributed by atoms with E-state index in [0.717, 1.165) is 28.2 Å². The average Bonchev–Trinajstić information content (AvgIpc) is 2.70. The first-order valence-corrected chi connectivity index (χ1v) is 6.05. The van der Waals surface area contributed by atoms with Crippen molar-refractivity contribution >= 4 is 17.6 Å². The third-order valence-electron chi connectivity index (χ3n) is 2.48. The second kappa shape index (κ2) is 4.67. The third-order valence-corrected chi connectivity index (χ3v) is 3.37. The minimum absolute atomic E-state index is 0.645. The first kappa shape index (κ1) is 11.8. The number of carbonyl (C=O) groups excluding carboxylic acids is 1. The van der Waals surface area contributed by atoms with Crippen LogP contribution in [0.1, 0.15) is 20.2 Å². The normalized spacial score (nSPS) is 10.3. The monoisotopic (exact) mass is 247 g/mol. The molecule has 0 fully saturated rings. The lowest BCUT2D eigenvalue weighted by molar-refractivity contribution is 0.112. The van der Waals surface area contributed by atoms with Crippen molar-refractivity contribution in [3.8, 4) is 17.0 Å². The van der Waals surface area contributed by atoms with Crippen LogP contribution in [0, 0.1) is 13.8 Å². The van der Waals surface area contributed by atoms with E-state index >= 15 is 0 Å². The van der Waals surface area contributed by atoms with Crippen molar-refractivity contribution in [2.24, 2.45) is 0 Å². The number of methoxy groups -OCH3 is 1. The van der Waals surface area contributed by atoms with Crippen LogP contribution in [-0.2, 0) is 0 Å². The molecule has 0 N–H and O–H groups in total. The number of ether oxygens (including phenoxy) is 1. The molecular formula is C13H13NO2S. The fourth-order valence-electron chi connectivity index (χ4n) is 1.72. The van der Waals surface area contributed by atoms with Gasteiger partial charge in [0.15, 0.2) is 6.29 Å². The van der Waals surface area contributed by atoms with Gasteiger partial charge in [0.1, 0.15) is 5.75 Å². The summed E-state index contributed by atoms with van der Waals surface area (Å²) in [5, 5.41) is 0.880. The van der Waals surface area contributed by atoms with Gasteiger partial charge < -0.3 is 4.74 Å². The first-order valence-electron chi connectivity index (χ1n) is 5.23. The van der Waals surface area contributed by atoms with Crippen LogP contribution in [0.15, 0.2) is 18.2 Å². The van der Waals surface area contributed by atoms with Gasteiger partial charge in [0.25, 0.3) is 0 Å². The van der Waals surface area contributed by atoms with E-state index in [9.17, 15) is 4.79 Å². The van der Waals surface area contributed by atoms with Gasteiger partial charge in [-0.15, -0.1) is 11.3 Å². The van der Waals surface area contributed by atoms with Crippen LogP contribution < -0.4 is 4.74 Å². The zero-order chi connectivity index (χ0) is 12.4. The van der Waals surface area contributed by atoms with Crippen LogP contribution in [-0.4, -0.2) is 18.4 Å². The summed E-state index contributed by atoms with van der Waals surface area (Å²) < 4.78 is 5.31. The number of aryl methyl sites for hydroxylation is 2. The summed E-state index contributed by atoms with van der Waals surface area (Å²) in [6.45, 7) is 3.90. The summed E-state index contributed by atoms with van der Waals surface area (Å²) in [5.74, 6) is 0.740. The molecule has 88 valence electrons. The molecule has 4 heteroatoms. The number of hydrogen-bond acceptors (Lipinski definition) is 4. The molecule has 2 rings (SSSR count). The second-order valence-electron chi connectivity index (χ2n) is 3.77. The highest BCUT2D eigenvalue weighted by Crippen LogP contribution is 2.34. The van der Waals surface area contributed by atoms with E-state index < -0.39 is 0 Å². The van der Waals surface area contributed by atoms with E-state index in [-0.39, 0.29) is 0 Å². The average molecular weight is 247 g/mol. The van der Waals surface area contributed by atoms with Gasteiger partial charge in [-0.1, -0.05) is 11.6 Å². The van der Waals surface area contributed by atoms with E-state index in [4.69, 9.17) is 4.74 Å². The Bertz CT molecular complexity index is 561. The maximum absolute atomic E-state index is 11.0. The minimum atomic E-state index is 0.645. The quantitative estimate of drug-likeness (QED) is 0.781. The van der Waals surface area contributed by atoms with E-state index in [2.05, 4.69) is 4.98 Å². The summed E-state index contributed by atoms with van der Waals surface area (Å²) in [6.07, 6.45) is 0.849. The zero-order valence-corrected chi connectivity index (χ0v) is 10.8. The number of nitrogens with zero attached hydrogens (tertiary/aromatic N) is 1. The molecule has 0 saturated carbocycles. The lowest BCUT2D eigenvalue weighted by Crippen LogP contribution is -1.91. The molecule has 0 saturated heterocycles. The fourth-order valence-corrected chi connectivity index (χ4v) is 2.48. The molecule has 0 aliphatic rings. The first-order chi connectivity index (χ1) is 8.15. The van der Waals surface area contributed by atoms with Crippen LogP contribution >= 0.6 is 11.3 Å². The molecule has 0 radical (unpaired) electrons. The Balaban J connectivity index is 2.65. The molecule has 0 atom stereocenters. The Morgan fingerprint density at radius 1 is 1.35 bits per heavy atom. The molecule has 0 aliphatic heterocycles. The van der Waals surface area contributed by atoms with Gasteiger partial charge >= 0.3 is 0 Å². The number of aldehydes is 1. The van der Waals surface area contributed by atoms with Gasteiger partial charge in [0, 0.05) is 5.56 Å². The Labute approximate surface area is 104 Å². The van der Waals surface area contributed by atoms with Crippen LogP contribution in [0.2, 0.25) is 0 Å². The Kier molecular flexibility index (Phi) is 3.24. The molecule has 0 bridgehead atoms. The summed E-state index contributed by atoms with van der Waals surface area (Å²) >= 11 is 1.40. The standard InChI is InChI=1S/C13H13NO2S/c1-8-4-5-11(16-3)10(6-8)13-12(7-15)17-9(2)14-13/h4-7H,1-3H3. The maximum Gasteiger partial charge on any atom is 0.162 e. The molecule has 17 heavy (non-hydrogen) atoms.